The van der Waals surface area contributed by atoms with Crippen LogP contribution in [-0.4, -0.2) is 11.7 Å². The fourth-order valence-corrected chi connectivity index (χ4v) is 1.68. The van der Waals surface area contributed by atoms with Crippen LogP contribution in [0.5, 0.6) is 0 Å². The van der Waals surface area contributed by atoms with Crippen LogP contribution in [0.4, 0.5) is 4.39 Å². The van der Waals surface area contributed by atoms with Gasteiger partial charge in [0.15, 0.2) is 5.82 Å². The highest BCUT2D eigenvalue weighted by molar-refractivity contribution is 9.10. The van der Waals surface area contributed by atoms with Crippen LogP contribution in [0.1, 0.15) is 11.6 Å². The molecular weight excluding hydrogens is 260 g/mol. The molecule has 0 spiro atoms. The van der Waals surface area contributed by atoms with Gasteiger partial charge in [0.2, 0.25) is 0 Å². The van der Waals surface area contributed by atoms with Gasteiger partial charge >= 0.3 is 0 Å². The van der Waals surface area contributed by atoms with Gasteiger partial charge in [-0.05, 0) is 27.6 Å². The van der Waals surface area contributed by atoms with Crippen molar-refractivity contribution in [3.05, 3.63) is 33.0 Å². The summed E-state index contributed by atoms with van der Waals surface area (Å²) < 4.78 is 13.5. The Labute approximate surface area is 88.6 Å². The molecule has 5 heteroatoms. The van der Waals surface area contributed by atoms with Gasteiger partial charge in [-0.1, -0.05) is 17.7 Å². The Kier molecular flexibility index (Phi) is 3.67. The molecule has 0 saturated carbocycles. The number of hydrogen-bond acceptors (Lipinski definition) is 2. The fraction of sp³-hybridized carbons (Fsp3) is 0.250. The Morgan fingerprint density at radius 3 is 2.77 bits per heavy atom. The third kappa shape index (κ3) is 2.20. The lowest BCUT2D eigenvalue weighted by Gasteiger charge is -2.11. The molecular formula is C8H8BrClFNO. The zero-order chi connectivity index (χ0) is 10.0. The lowest BCUT2D eigenvalue weighted by atomic mass is 10.1. The Morgan fingerprint density at radius 2 is 2.23 bits per heavy atom. The van der Waals surface area contributed by atoms with Gasteiger partial charge in [-0.3, -0.25) is 0 Å². The van der Waals surface area contributed by atoms with Crippen molar-refractivity contribution in [1.29, 1.82) is 0 Å². The van der Waals surface area contributed by atoms with Gasteiger partial charge in [0.25, 0.3) is 0 Å². The van der Waals surface area contributed by atoms with Gasteiger partial charge < -0.3 is 10.8 Å². The second-order valence-electron chi connectivity index (χ2n) is 2.55. The first-order chi connectivity index (χ1) is 6.07. The van der Waals surface area contributed by atoms with E-state index in [1.165, 1.54) is 6.07 Å². The summed E-state index contributed by atoms with van der Waals surface area (Å²) in [5, 5.41) is 8.71. The molecule has 1 atom stereocenters. The van der Waals surface area contributed by atoms with Crippen molar-refractivity contribution in [3.63, 3.8) is 0 Å². The van der Waals surface area contributed by atoms with Gasteiger partial charge in [-0.2, -0.15) is 0 Å². The molecule has 0 aromatic heterocycles. The molecule has 1 unspecified atom stereocenters. The van der Waals surface area contributed by atoms with Crippen molar-refractivity contribution >= 4 is 27.5 Å². The fourth-order valence-electron chi connectivity index (χ4n) is 0.926. The minimum Gasteiger partial charge on any atom is -0.394 e. The number of nitrogens with two attached hydrogens (primary N) is 1. The summed E-state index contributed by atoms with van der Waals surface area (Å²) >= 11 is 8.66. The lowest BCUT2D eigenvalue weighted by molar-refractivity contribution is 0.268. The minimum atomic E-state index is -0.643. The van der Waals surface area contributed by atoms with Crippen molar-refractivity contribution in [2.75, 3.05) is 6.61 Å². The summed E-state index contributed by atoms with van der Waals surface area (Å²) in [4.78, 5) is 0. The van der Waals surface area contributed by atoms with E-state index in [2.05, 4.69) is 15.9 Å². The molecule has 0 bridgehead atoms. The second kappa shape index (κ2) is 4.37. The summed E-state index contributed by atoms with van der Waals surface area (Å²) in [6.07, 6.45) is 0. The van der Waals surface area contributed by atoms with E-state index in [9.17, 15) is 4.39 Å². The standard InChI is InChI=1S/C8H8BrClFNO/c9-5-2-1-4(6(12)3-13)7(10)8(5)11/h1-2,6,13H,3,12H2. The molecule has 0 heterocycles. The highest BCUT2D eigenvalue weighted by Gasteiger charge is 2.14. The zero-order valence-electron chi connectivity index (χ0n) is 6.60. The molecule has 0 radical (unpaired) electrons. The monoisotopic (exact) mass is 267 g/mol. The maximum atomic E-state index is 13.2. The molecule has 2 nitrogen and oxygen atoms in total. The normalized spacial score (nSPS) is 13.0. The third-order valence-corrected chi connectivity index (χ3v) is 2.66. The number of aliphatic hydroxyl groups is 1. The van der Waals surface area contributed by atoms with Crippen molar-refractivity contribution < 1.29 is 9.50 Å². The largest absolute Gasteiger partial charge is 0.394 e. The highest BCUT2D eigenvalue weighted by Crippen LogP contribution is 2.29. The van der Waals surface area contributed by atoms with Crippen LogP contribution in [0.15, 0.2) is 16.6 Å². The van der Waals surface area contributed by atoms with Gasteiger partial charge in [0.05, 0.1) is 22.1 Å². The van der Waals surface area contributed by atoms with Gasteiger partial charge in [0.1, 0.15) is 0 Å². The predicted molar refractivity (Wildman–Crippen MR) is 53.1 cm³/mol. The van der Waals surface area contributed by atoms with Crippen molar-refractivity contribution in [1.82, 2.24) is 0 Å². The number of benzene rings is 1. The van der Waals surface area contributed by atoms with E-state index in [1.54, 1.807) is 6.07 Å². The molecule has 1 aromatic carbocycles. The van der Waals surface area contributed by atoms with E-state index in [4.69, 9.17) is 22.4 Å². The molecule has 0 amide bonds. The zero-order valence-corrected chi connectivity index (χ0v) is 8.94. The van der Waals surface area contributed by atoms with Gasteiger partial charge in [-0.25, -0.2) is 4.39 Å². The molecule has 72 valence electrons. The number of rotatable bonds is 2. The molecule has 13 heavy (non-hydrogen) atoms. The Bertz CT molecular complexity index is 321. The van der Waals surface area contributed by atoms with Crippen LogP contribution in [0.3, 0.4) is 0 Å². The van der Waals surface area contributed by atoms with Crippen LogP contribution < -0.4 is 5.73 Å². The lowest BCUT2D eigenvalue weighted by Crippen LogP contribution is -2.15. The quantitative estimate of drug-likeness (QED) is 0.808. The van der Waals surface area contributed by atoms with E-state index in [-0.39, 0.29) is 16.1 Å². The average Bonchev–Trinajstić information content (AvgIpc) is 2.13. The van der Waals surface area contributed by atoms with Crippen LogP contribution in [0.25, 0.3) is 0 Å². The topological polar surface area (TPSA) is 46.2 Å². The van der Waals surface area contributed by atoms with E-state index >= 15 is 0 Å². The Balaban J connectivity index is 3.18. The molecule has 0 aliphatic rings. The summed E-state index contributed by atoms with van der Waals surface area (Å²) in [5.74, 6) is -0.553. The van der Waals surface area contributed by atoms with E-state index in [1.807, 2.05) is 0 Å². The number of hydrogen-bond donors (Lipinski definition) is 2. The van der Waals surface area contributed by atoms with Crippen molar-refractivity contribution in [2.45, 2.75) is 6.04 Å². The first-order valence-corrected chi connectivity index (χ1v) is 4.75. The minimum absolute atomic E-state index is 0.0454. The summed E-state index contributed by atoms with van der Waals surface area (Å²) in [7, 11) is 0. The molecule has 3 N–H and O–H groups in total. The van der Waals surface area contributed by atoms with E-state index < -0.39 is 11.9 Å². The van der Waals surface area contributed by atoms with Gasteiger partial charge in [0, 0.05) is 0 Å². The summed E-state index contributed by atoms with van der Waals surface area (Å²) in [5.41, 5.74) is 5.90. The third-order valence-electron chi connectivity index (χ3n) is 1.66. The van der Waals surface area contributed by atoms with Crippen LogP contribution in [-0.2, 0) is 0 Å². The summed E-state index contributed by atoms with van der Waals surface area (Å²) in [6, 6.07) is 2.44. The average molecular weight is 269 g/mol. The Morgan fingerprint density at radius 1 is 1.62 bits per heavy atom. The van der Waals surface area contributed by atoms with E-state index in [0.717, 1.165) is 0 Å². The number of halogens is 3. The van der Waals surface area contributed by atoms with Crippen molar-refractivity contribution in [2.24, 2.45) is 5.73 Å². The first kappa shape index (κ1) is 10.9. The smallest absolute Gasteiger partial charge is 0.156 e. The van der Waals surface area contributed by atoms with E-state index in [0.29, 0.717) is 5.56 Å². The van der Waals surface area contributed by atoms with Crippen LogP contribution in [0.2, 0.25) is 5.02 Å². The molecule has 0 fully saturated rings. The van der Waals surface area contributed by atoms with Crippen LogP contribution in [0, 0.1) is 5.82 Å². The SMILES string of the molecule is NC(CO)c1ccc(Br)c(F)c1Cl. The highest BCUT2D eigenvalue weighted by atomic mass is 79.9. The predicted octanol–water partition coefficient (Wildman–Crippen LogP) is 2.23. The molecule has 0 aliphatic carbocycles. The molecule has 1 rings (SSSR count). The van der Waals surface area contributed by atoms with Gasteiger partial charge in [-0.15, -0.1) is 0 Å². The van der Waals surface area contributed by atoms with Crippen molar-refractivity contribution in [3.8, 4) is 0 Å². The maximum absolute atomic E-state index is 13.2. The first-order valence-electron chi connectivity index (χ1n) is 3.57. The van der Waals surface area contributed by atoms with Crippen LogP contribution >= 0.6 is 27.5 Å². The number of aliphatic hydroxyl groups excluding tert-OH is 1. The molecule has 1 aromatic rings. The molecule has 0 saturated heterocycles. The summed E-state index contributed by atoms with van der Waals surface area (Å²) in [6.45, 7) is -0.263. The second-order valence-corrected chi connectivity index (χ2v) is 3.79. The Hall–Kier alpha value is -0.160. The molecule has 0 aliphatic heterocycles. The maximum Gasteiger partial charge on any atom is 0.156 e.